The van der Waals surface area contributed by atoms with Gasteiger partial charge in [-0.3, -0.25) is 14.5 Å². The Morgan fingerprint density at radius 2 is 2.17 bits per heavy atom. The predicted octanol–water partition coefficient (Wildman–Crippen LogP) is 2.30. The Hall–Kier alpha value is -2.80. The number of hydrogen-bond acceptors (Lipinski definition) is 4. The summed E-state index contributed by atoms with van der Waals surface area (Å²) in [6, 6.07) is 6.20. The minimum atomic E-state index is -0.356. The van der Waals surface area contributed by atoms with Crippen LogP contribution in [0.15, 0.2) is 41.5 Å². The van der Waals surface area contributed by atoms with Crippen molar-refractivity contribution in [2.45, 2.75) is 12.5 Å². The first-order valence-electron chi connectivity index (χ1n) is 7.78. The number of rotatable bonds is 1. The van der Waals surface area contributed by atoms with E-state index in [1.807, 2.05) is 4.68 Å². The normalized spacial score (nSPS) is 18.1. The Balaban J connectivity index is 2.03. The summed E-state index contributed by atoms with van der Waals surface area (Å²) in [4.78, 5) is 21.7. The molecule has 5 rings (SSSR count). The largest absolute Gasteiger partial charge is 0.379 e. The molecule has 0 spiro atoms. The topological polar surface area (TPSA) is 61.4 Å². The molecule has 0 unspecified atom stereocenters. The van der Waals surface area contributed by atoms with Crippen LogP contribution >= 0.6 is 0 Å². The number of ether oxygens (including phenoxy) is 1. The van der Waals surface area contributed by atoms with Gasteiger partial charge in [-0.2, -0.15) is 4.52 Å². The van der Waals surface area contributed by atoms with Crippen LogP contribution in [0, 0.1) is 5.82 Å². The lowest BCUT2D eigenvalue weighted by atomic mass is 10.2. The highest BCUT2D eigenvalue weighted by Crippen LogP contribution is 2.29. The molecule has 0 amide bonds. The van der Waals surface area contributed by atoms with Crippen LogP contribution in [0.4, 0.5) is 4.39 Å². The fraction of sp³-hybridized carbons (Fsp3) is 0.235. The molecule has 3 aromatic heterocycles. The van der Waals surface area contributed by atoms with Crippen LogP contribution in [0.2, 0.25) is 0 Å². The van der Waals surface area contributed by atoms with E-state index in [-0.39, 0.29) is 17.4 Å². The summed E-state index contributed by atoms with van der Waals surface area (Å²) < 4.78 is 22.7. The van der Waals surface area contributed by atoms with E-state index in [9.17, 15) is 9.18 Å². The second kappa shape index (κ2) is 4.85. The van der Waals surface area contributed by atoms with Crippen molar-refractivity contribution in [3.8, 4) is 0 Å². The fourth-order valence-electron chi connectivity index (χ4n) is 3.47. The van der Waals surface area contributed by atoms with Crippen LogP contribution in [-0.4, -0.2) is 32.4 Å². The summed E-state index contributed by atoms with van der Waals surface area (Å²) in [7, 11) is 0. The molecule has 0 N–H and O–H groups in total. The van der Waals surface area contributed by atoms with Gasteiger partial charge in [-0.25, -0.2) is 9.37 Å². The lowest BCUT2D eigenvalue weighted by Crippen LogP contribution is -2.25. The molecule has 1 aliphatic rings. The van der Waals surface area contributed by atoms with E-state index in [4.69, 9.17) is 4.74 Å². The Morgan fingerprint density at radius 3 is 3.00 bits per heavy atom. The van der Waals surface area contributed by atoms with Crippen molar-refractivity contribution >= 4 is 27.5 Å². The third-order valence-electron chi connectivity index (χ3n) is 4.56. The van der Waals surface area contributed by atoms with Gasteiger partial charge in [0, 0.05) is 18.2 Å². The quantitative estimate of drug-likeness (QED) is 0.539. The van der Waals surface area contributed by atoms with E-state index < -0.39 is 0 Å². The SMILES string of the molecule is O=c1c2ccncc2nc2c3cc(F)ccc3n([C@H]3CCOC3)n12. The van der Waals surface area contributed by atoms with E-state index in [0.29, 0.717) is 35.2 Å². The van der Waals surface area contributed by atoms with Gasteiger partial charge in [-0.05, 0) is 30.7 Å². The zero-order chi connectivity index (χ0) is 16.3. The Labute approximate surface area is 135 Å². The summed E-state index contributed by atoms with van der Waals surface area (Å²) in [5.41, 5.74) is 1.55. The van der Waals surface area contributed by atoms with Gasteiger partial charge in [-0.15, -0.1) is 0 Å². The molecule has 24 heavy (non-hydrogen) atoms. The number of hydrogen-bond donors (Lipinski definition) is 0. The maximum Gasteiger partial charge on any atom is 0.280 e. The van der Waals surface area contributed by atoms with Gasteiger partial charge in [0.1, 0.15) is 5.82 Å². The zero-order valence-corrected chi connectivity index (χ0v) is 12.6. The standard InChI is InChI=1S/C17H13FN4O2/c18-10-1-2-15-13(7-10)16-20-14-8-19-5-3-12(14)17(23)22(16)21(15)11-4-6-24-9-11/h1-3,5,7-8,11H,4,6,9H2/t11-/m0/s1. The number of pyridine rings is 1. The van der Waals surface area contributed by atoms with Crippen molar-refractivity contribution in [2.75, 3.05) is 13.2 Å². The van der Waals surface area contributed by atoms with Crippen molar-refractivity contribution in [3.63, 3.8) is 0 Å². The van der Waals surface area contributed by atoms with Gasteiger partial charge in [0.2, 0.25) is 0 Å². The first-order valence-corrected chi connectivity index (χ1v) is 7.78. The van der Waals surface area contributed by atoms with Crippen molar-refractivity contribution < 1.29 is 9.13 Å². The van der Waals surface area contributed by atoms with Crippen molar-refractivity contribution in [2.24, 2.45) is 0 Å². The second-order valence-corrected chi connectivity index (χ2v) is 5.97. The summed E-state index contributed by atoms with van der Waals surface area (Å²) in [6.07, 6.45) is 3.93. The van der Waals surface area contributed by atoms with E-state index in [0.717, 1.165) is 11.9 Å². The first kappa shape index (κ1) is 13.6. The average Bonchev–Trinajstić information content (AvgIpc) is 3.21. The minimum absolute atomic E-state index is 0.0225. The molecule has 120 valence electrons. The highest BCUT2D eigenvalue weighted by Gasteiger charge is 2.25. The van der Waals surface area contributed by atoms with Crippen LogP contribution in [0.5, 0.6) is 0 Å². The molecular formula is C17H13FN4O2. The molecule has 6 nitrogen and oxygen atoms in total. The number of benzene rings is 1. The van der Waals surface area contributed by atoms with Gasteiger partial charge < -0.3 is 4.74 Å². The smallest absolute Gasteiger partial charge is 0.280 e. The molecule has 1 atom stereocenters. The molecule has 4 heterocycles. The van der Waals surface area contributed by atoms with Gasteiger partial charge >= 0.3 is 0 Å². The average molecular weight is 324 g/mol. The molecule has 7 heteroatoms. The summed E-state index contributed by atoms with van der Waals surface area (Å²) in [5.74, 6) is -0.356. The van der Waals surface area contributed by atoms with Crippen LogP contribution in [0.1, 0.15) is 12.5 Å². The Morgan fingerprint density at radius 1 is 1.25 bits per heavy atom. The summed E-state index contributed by atoms with van der Waals surface area (Å²) in [6.45, 7) is 1.17. The van der Waals surface area contributed by atoms with Crippen LogP contribution in [0.3, 0.4) is 0 Å². The van der Waals surface area contributed by atoms with E-state index >= 15 is 0 Å². The predicted molar refractivity (Wildman–Crippen MR) is 86.7 cm³/mol. The molecular weight excluding hydrogens is 311 g/mol. The number of nitrogens with zero attached hydrogens (tertiary/aromatic N) is 4. The number of fused-ring (bicyclic) bond motifs is 4. The Bertz CT molecular complexity index is 1160. The first-order chi connectivity index (χ1) is 11.7. The van der Waals surface area contributed by atoms with Crippen LogP contribution in [-0.2, 0) is 4.74 Å². The molecule has 0 aliphatic carbocycles. The third-order valence-corrected chi connectivity index (χ3v) is 4.56. The lowest BCUT2D eigenvalue weighted by Gasteiger charge is -2.14. The van der Waals surface area contributed by atoms with E-state index in [2.05, 4.69) is 9.97 Å². The maximum atomic E-state index is 13.8. The highest BCUT2D eigenvalue weighted by molar-refractivity contribution is 5.95. The molecule has 1 aliphatic heterocycles. The summed E-state index contributed by atoms with van der Waals surface area (Å²) in [5, 5.41) is 1.11. The molecule has 0 bridgehead atoms. The van der Waals surface area contributed by atoms with Crippen LogP contribution < -0.4 is 5.56 Å². The molecule has 1 aromatic carbocycles. The van der Waals surface area contributed by atoms with Crippen molar-refractivity contribution in [3.05, 3.63) is 52.8 Å². The van der Waals surface area contributed by atoms with Crippen molar-refractivity contribution in [1.82, 2.24) is 19.2 Å². The molecule has 0 radical (unpaired) electrons. The molecule has 1 fully saturated rings. The highest BCUT2D eigenvalue weighted by atomic mass is 19.1. The van der Waals surface area contributed by atoms with Gasteiger partial charge in [0.25, 0.3) is 5.56 Å². The van der Waals surface area contributed by atoms with Gasteiger partial charge in [0.05, 0.1) is 35.3 Å². The number of aromatic nitrogens is 4. The van der Waals surface area contributed by atoms with Crippen LogP contribution in [0.25, 0.3) is 27.5 Å². The fourth-order valence-corrected chi connectivity index (χ4v) is 3.47. The molecule has 1 saturated heterocycles. The van der Waals surface area contributed by atoms with Crippen molar-refractivity contribution in [1.29, 1.82) is 0 Å². The van der Waals surface area contributed by atoms with E-state index in [1.165, 1.54) is 12.1 Å². The summed E-state index contributed by atoms with van der Waals surface area (Å²) >= 11 is 0. The third kappa shape index (κ3) is 1.75. The maximum absolute atomic E-state index is 13.8. The zero-order valence-electron chi connectivity index (χ0n) is 12.6. The van der Waals surface area contributed by atoms with E-state index in [1.54, 1.807) is 29.0 Å². The monoisotopic (exact) mass is 324 g/mol. The van der Waals surface area contributed by atoms with Gasteiger partial charge in [-0.1, -0.05) is 0 Å². The molecule has 4 aromatic rings. The molecule has 0 saturated carbocycles. The van der Waals surface area contributed by atoms with Gasteiger partial charge in [0.15, 0.2) is 5.65 Å². The minimum Gasteiger partial charge on any atom is -0.379 e. The second-order valence-electron chi connectivity index (χ2n) is 5.97. The lowest BCUT2D eigenvalue weighted by molar-refractivity contribution is 0.184. The number of halogens is 1. The Kier molecular flexibility index (Phi) is 2.75.